The summed E-state index contributed by atoms with van der Waals surface area (Å²) in [7, 11) is 0. The molecule has 2 aliphatic carbocycles. The number of carbonyl (C=O) groups excluding carboxylic acids is 1. The minimum atomic E-state index is -0.986. The van der Waals surface area contributed by atoms with Crippen molar-refractivity contribution < 1.29 is 19.4 Å². The van der Waals surface area contributed by atoms with Gasteiger partial charge in [-0.25, -0.2) is 4.79 Å². The van der Waals surface area contributed by atoms with Gasteiger partial charge < -0.3 is 9.84 Å². The van der Waals surface area contributed by atoms with Crippen molar-refractivity contribution in [2.75, 3.05) is 12.4 Å². The van der Waals surface area contributed by atoms with Crippen LogP contribution < -0.4 is 0 Å². The average Bonchev–Trinajstić information content (AvgIpc) is 3.12. The van der Waals surface area contributed by atoms with Crippen molar-refractivity contribution in [2.24, 2.45) is 22.2 Å². The van der Waals surface area contributed by atoms with Crippen LogP contribution >= 0.6 is 11.8 Å². The zero-order chi connectivity index (χ0) is 19.5. The molecule has 3 aliphatic rings. The number of aliphatic carboxylic acids is 1. The number of carboxylic acids is 1. The Bertz CT molecular complexity index is 678. The zero-order valence-corrected chi connectivity index (χ0v) is 17.0. The maximum absolute atomic E-state index is 12.6. The quantitative estimate of drug-likeness (QED) is 0.686. The fraction of sp³-hybridized carbons (Fsp3) is 0.667. The Morgan fingerprint density at radius 1 is 1.33 bits per heavy atom. The number of carboxylic acid groups (broad SMARTS) is 1. The minimum Gasteiger partial charge on any atom is -0.478 e. The maximum atomic E-state index is 12.6. The Morgan fingerprint density at radius 3 is 2.70 bits per heavy atom. The van der Waals surface area contributed by atoms with Gasteiger partial charge in [-0.1, -0.05) is 38.0 Å². The van der Waals surface area contributed by atoms with E-state index in [9.17, 15) is 14.7 Å². The van der Waals surface area contributed by atoms with Crippen molar-refractivity contribution in [2.45, 2.75) is 57.2 Å². The fourth-order valence-electron chi connectivity index (χ4n) is 4.32. The lowest BCUT2D eigenvalue weighted by molar-refractivity contribution is -0.152. The summed E-state index contributed by atoms with van der Waals surface area (Å²) in [6.07, 6.45) is 12.7. The fourth-order valence-corrected chi connectivity index (χ4v) is 5.60. The van der Waals surface area contributed by atoms with Crippen LogP contribution in [0.25, 0.3) is 0 Å². The molecule has 2 atom stereocenters. The van der Waals surface area contributed by atoms with Gasteiger partial charge in [0.2, 0.25) is 0 Å². The molecule has 5 nitrogen and oxygen atoms in total. The molecule has 6 heteroatoms. The van der Waals surface area contributed by atoms with Gasteiger partial charge >= 0.3 is 11.9 Å². The van der Waals surface area contributed by atoms with Crippen LogP contribution in [0.15, 0.2) is 28.8 Å². The van der Waals surface area contributed by atoms with Crippen molar-refractivity contribution in [3.8, 4) is 0 Å². The summed E-state index contributed by atoms with van der Waals surface area (Å²) in [4.78, 5) is 28.5. The molecular formula is C21H29NO4S. The summed E-state index contributed by atoms with van der Waals surface area (Å²) in [5.41, 5.74) is -0.678. The van der Waals surface area contributed by atoms with E-state index in [-0.39, 0.29) is 22.8 Å². The van der Waals surface area contributed by atoms with E-state index in [1.165, 1.54) is 25.7 Å². The first-order valence-corrected chi connectivity index (χ1v) is 10.8. The number of allylic oxidation sites excluding steroid dienone is 2. The van der Waals surface area contributed by atoms with Crippen LogP contribution in [-0.4, -0.2) is 40.5 Å². The van der Waals surface area contributed by atoms with Crippen LogP contribution in [0.3, 0.4) is 0 Å². The molecule has 0 saturated heterocycles. The van der Waals surface area contributed by atoms with Gasteiger partial charge in [0.05, 0.1) is 12.0 Å². The molecule has 0 aromatic heterocycles. The monoisotopic (exact) mass is 391 g/mol. The predicted octanol–water partition coefficient (Wildman–Crippen LogP) is 4.24. The number of hydrogen-bond acceptors (Lipinski definition) is 5. The van der Waals surface area contributed by atoms with Crippen LogP contribution in [0.1, 0.15) is 52.4 Å². The van der Waals surface area contributed by atoms with Gasteiger partial charge in [-0.15, -0.1) is 11.8 Å². The summed E-state index contributed by atoms with van der Waals surface area (Å²) in [6.45, 7) is 4.38. The van der Waals surface area contributed by atoms with Crippen molar-refractivity contribution in [3.05, 3.63) is 23.8 Å². The number of nitrogens with zero attached hydrogens (tertiary/aromatic N) is 1. The number of aliphatic imine (C=N–C) groups is 1. The molecule has 148 valence electrons. The molecule has 1 aliphatic heterocycles. The SMILES string of the molecule is CC1CCC(C2(CCOC(=O)C3(C)C=CC=C(C(=O)O)C3)N=CCS2)CC1. The number of esters is 1. The van der Waals surface area contributed by atoms with Crippen molar-refractivity contribution in [1.29, 1.82) is 0 Å². The summed E-state index contributed by atoms with van der Waals surface area (Å²) in [5.74, 6) is 0.919. The Kier molecular flexibility index (Phi) is 6.14. The van der Waals surface area contributed by atoms with E-state index in [0.717, 1.165) is 18.1 Å². The van der Waals surface area contributed by atoms with E-state index >= 15 is 0 Å². The van der Waals surface area contributed by atoms with E-state index < -0.39 is 11.4 Å². The topological polar surface area (TPSA) is 76.0 Å². The van der Waals surface area contributed by atoms with Crippen molar-refractivity contribution in [1.82, 2.24) is 0 Å². The molecule has 1 saturated carbocycles. The molecule has 0 amide bonds. The van der Waals surface area contributed by atoms with Crippen LogP contribution in [0.4, 0.5) is 0 Å². The van der Waals surface area contributed by atoms with Gasteiger partial charge in [0.1, 0.15) is 4.87 Å². The summed E-state index contributed by atoms with van der Waals surface area (Å²) < 4.78 is 5.61. The van der Waals surface area contributed by atoms with E-state index in [1.54, 1.807) is 25.2 Å². The standard InChI is InChI=1S/C21H29NO4S/c1-15-5-7-17(8-6-15)21(22-11-13-27-21)10-12-26-19(25)20(2)9-3-4-16(14-20)18(23)24/h3-4,9,11,15,17H,5-8,10,12-14H2,1-2H3,(H,23,24). The van der Waals surface area contributed by atoms with Crippen LogP contribution in [0.5, 0.6) is 0 Å². The van der Waals surface area contributed by atoms with Crippen molar-refractivity contribution in [3.63, 3.8) is 0 Å². The summed E-state index contributed by atoms with van der Waals surface area (Å²) in [6, 6.07) is 0. The molecule has 0 radical (unpaired) electrons. The minimum absolute atomic E-state index is 0.157. The van der Waals surface area contributed by atoms with E-state index in [4.69, 9.17) is 9.73 Å². The lowest BCUT2D eigenvalue weighted by atomic mass is 9.78. The third-order valence-corrected chi connectivity index (χ3v) is 7.58. The third kappa shape index (κ3) is 4.48. The first-order valence-electron chi connectivity index (χ1n) is 9.81. The molecule has 0 aromatic rings. The highest BCUT2D eigenvalue weighted by molar-refractivity contribution is 8.01. The maximum Gasteiger partial charge on any atom is 0.331 e. The largest absolute Gasteiger partial charge is 0.478 e. The van der Waals surface area contributed by atoms with Crippen LogP contribution in [-0.2, 0) is 14.3 Å². The van der Waals surface area contributed by atoms with Gasteiger partial charge in [0.15, 0.2) is 0 Å². The van der Waals surface area contributed by atoms with Gasteiger partial charge in [-0.2, -0.15) is 0 Å². The molecule has 3 rings (SSSR count). The number of hydrogen-bond donors (Lipinski definition) is 1. The second-order valence-electron chi connectivity index (χ2n) is 8.26. The van der Waals surface area contributed by atoms with Gasteiger partial charge in [-0.3, -0.25) is 9.79 Å². The first kappa shape index (κ1) is 20.2. The molecular weight excluding hydrogens is 362 g/mol. The third-order valence-electron chi connectivity index (χ3n) is 6.12. The zero-order valence-electron chi connectivity index (χ0n) is 16.1. The smallest absolute Gasteiger partial charge is 0.331 e. The Hall–Kier alpha value is -1.56. The molecule has 1 heterocycles. The molecule has 0 bridgehead atoms. The molecule has 0 aromatic carbocycles. The number of thioether (sulfide) groups is 1. The van der Waals surface area contributed by atoms with Crippen molar-refractivity contribution >= 4 is 29.9 Å². The van der Waals surface area contributed by atoms with Crippen LogP contribution in [0.2, 0.25) is 0 Å². The Labute approximate surface area is 165 Å². The van der Waals surface area contributed by atoms with Crippen LogP contribution in [0, 0.1) is 17.3 Å². The number of ether oxygens (including phenoxy) is 1. The predicted molar refractivity (Wildman–Crippen MR) is 108 cm³/mol. The second-order valence-corrected chi connectivity index (χ2v) is 9.59. The van der Waals surface area contributed by atoms with Gasteiger partial charge in [0.25, 0.3) is 0 Å². The first-order chi connectivity index (χ1) is 12.8. The Balaban J connectivity index is 1.57. The van der Waals surface area contributed by atoms with E-state index in [1.807, 2.05) is 18.0 Å². The highest BCUT2D eigenvalue weighted by Crippen LogP contribution is 2.48. The second kappa shape index (κ2) is 8.21. The van der Waals surface area contributed by atoms with Gasteiger partial charge in [-0.05, 0) is 38.0 Å². The lowest BCUT2D eigenvalue weighted by Gasteiger charge is -2.38. The molecule has 2 unspecified atom stereocenters. The summed E-state index contributed by atoms with van der Waals surface area (Å²) >= 11 is 1.87. The highest BCUT2D eigenvalue weighted by Gasteiger charge is 2.43. The van der Waals surface area contributed by atoms with E-state index in [0.29, 0.717) is 12.5 Å². The molecule has 1 fully saturated rings. The Morgan fingerprint density at radius 2 is 2.07 bits per heavy atom. The molecule has 27 heavy (non-hydrogen) atoms. The normalized spacial score (nSPS) is 35.7. The average molecular weight is 392 g/mol. The number of carbonyl (C=O) groups is 2. The van der Waals surface area contributed by atoms with E-state index in [2.05, 4.69) is 6.92 Å². The molecule has 1 N–H and O–H groups in total. The molecule has 0 spiro atoms. The summed E-state index contributed by atoms with van der Waals surface area (Å²) in [5, 5.41) is 9.20. The lowest BCUT2D eigenvalue weighted by Crippen LogP contribution is -2.36. The number of rotatable bonds is 6. The van der Waals surface area contributed by atoms with Gasteiger partial charge in [0, 0.05) is 24.0 Å². The highest BCUT2D eigenvalue weighted by atomic mass is 32.2.